The minimum atomic E-state index is -4.66. The molecule has 6 aromatic carbocycles. The van der Waals surface area contributed by atoms with E-state index < -0.39 is 60.1 Å². The quantitative estimate of drug-likeness (QED) is 0.0658. The third-order valence-corrected chi connectivity index (χ3v) is 11.0. The molecule has 0 aliphatic carbocycles. The van der Waals surface area contributed by atoms with Crippen molar-refractivity contribution >= 4 is 80.8 Å². The van der Waals surface area contributed by atoms with Gasteiger partial charge in [0.15, 0.2) is 17.8 Å². The maximum atomic E-state index is 13.4. The van der Waals surface area contributed by atoms with Crippen molar-refractivity contribution in [1.82, 2.24) is 19.8 Å². The Kier molecular flexibility index (Phi) is 21.5. The van der Waals surface area contributed by atoms with Crippen molar-refractivity contribution in [3.8, 4) is 34.4 Å². The number of amides is 2. The number of oxazole rings is 2. The fourth-order valence-corrected chi connectivity index (χ4v) is 7.08. The average molecular weight is 1130 g/mol. The van der Waals surface area contributed by atoms with Crippen molar-refractivity contribution < 1.29 is 73.7 Å². The van der Waals surface area contributed by atoms with E-state index in [-0.39, 0.29) is 72.2 Å². The molecular weight excluding hydrogens is 1080 g/mol. The highest BCUT2D eigenvalue weighted by molar-refractivity contribution is 6.31. The number of likely N-dealkylation sites (N-methyl/N-ethyl adjacent to an activating group) is 1. The molecule has 0 saturated heterocycles. The molecule has 0 fully saturated rings. The number of aromatic nitrogens is 2. The van der Waals surface area contributed by atoms with E-state index in [1.54, 1.807) is 62.6 Å². The first-order chi connectivity index (χ1) is 35.4. The largest absolute Gasteiger partial charge is 0.478 e. The van der Waals surface area contributed by atoms with E-state index in [9.17, 15) is 50.6 Å². The van der Waals surface area contributed by atoms with Crippen LogP contribution in [0.2, 0.25) is 10.0 Å². The smallest absolute Gasteiger partial charge is 0.416 e. The number of carboxylic acids is 1. The average Bonchev–Trinajstić information content (AvgIpc) is 4.02. The summed E-state index contributed by atoms with van der Waals surface area (Å²) < 4.78 is 108. The topological polar surface area (TPSA) is 175 Å². The molecule has 0 bridgehead atoms. The number of aliphatic carboxylic acids is 1. The fourth-order valence-electron chi connectivity index (χ4n) is 6.50. The van der Waals surface area contributed by atoms with Crippen molar-refractivity contribution in [1.29, 1.82) is 0 Å². The molecule has 1 N–H and O–H groups in total. The van der Waals surface area contributed by atoms with Gasteiger partial charge in [0.2, 0.25) is 29.9 Å². The van der Waals surface area contributed by atoms with Crippen LogP contribution < -0.4 is 9.47 Å². The van der Waals surface area contributed by atoms with Crippen LogP contribution >= 0.6 is 34.8 Å². The van der Waals surface area contributed by atoms with Crippen LogP contribution in [0.15, 0.2) is 142 Å². The molecule has 2 aromatic heterocycles. The summed E-state index contributed by atoms with van der Waals surface area (Å²) in [6.07, 6.45) is -12.6. The minimum Gasteiger partial charge on any atom is -0.478 e. The molecule has 8 rings (SSSR count). The number of para-hydroxylation sites is 4. The summed E-state index contributed by atoms with van der Waals surface area (Å²) >= 11 is 17.4. The van der Waals surface area contributed by atoms with Gasteiger partial charge in [-0.05, 0) is 84.9 Å². The number of ether oxygens (including phenoxy) is 3. The summed E-state index contributed by atoms with van der Waals surface area (Å²) in [6, 6.07) is 30.8. The lowest BCUT2D eigenvalue weighted by molar-refractivity contribution is -0.157. The first kappa shape index (κ1) is 61.7. The van der Waals surface area contributed by atoms with Gasteiger partial charge in [-0.3, -0.25) is 9.59 Å². The van der Waals surface area contributed by atoms with Crippen molar-refractivity contribution in [2.24, 2.45) is 0 Å². The Morgan fingerprint density at radius 1 is 0.584 bits per heavy atom. The van der Waals surface area contributed by atoms with Crippen LogP contribution in [-0.2, 0) is 36.3 Å². The molecule has 0 aliphatic heterocycles. The van der Waals surface area contributed by atoms with E-state index in [0.29, 0.717) is 32.2 Å². The van der Waals surface area contributed by atoms with Crippen LogP contribution in [0.3, 0.4) is 0 Å². The number of carbonyl (C=O) groups is 4. The second-order valence-electron chi connectivity index (χ2n) is 16.2. The second kappa shape index (κ2) is 26.8. The van der Waals surface area contributed by atoms with E-state index in [4.69, 9.17) is 57.8 Å². The zero-order chi connectivity index (χ0) is 54.8. The van der Waals surface area contributed by atoms with Crippen LogP contribution in [0, 0.1) is 0 Å². The van der Waals surface area contributed by atoms with Crippen molar-refractivity contribution in [3.63, 3.8) is 0 Å². The number of hydrogen-bond acceptors (Lipinski definition) is 11. The van der Waals surface area contributed by atoms with Gasteiger partial charge in [-0.15, -0.1) is 11.6 Å². The van der Waals surface area contributed by atoms with E-state index in [1.165, 1.54) is 72.4 Å². The van der Waals surface area contributed by atoms with Gasteiger partial charge in [-0.2, -0.15) is 26.3 Å². The summed E-state index contributed by atoms with van der Waals surface area (Å²) in [6.45, 7) is -0.622. The standard InChI is InChI=1S/C26H20ClF3N2O5.C22H13ClF3NO4.C4H8ClNO.2CH4/c1-32(2)22(33)14-35-25(34)23(15-6-5-7-16(12-15)26(28,29)30)36-20-11-10-17(27)13-18(20)24-31-19-8-3-4-9-21(19)37-24;23-14-8-9-17(15(11-14)20-27-16-6-1-2-7-18(16)31-20)30-19(21(28)29)12-4-3-5-13(10-12)22(24,25)26;1-6(2)4(7)3-5;;/h3-13,23H,14H2,1-2H3;1-11,19H,(H,28,29);3H2,1-2H3;2*1H4. The molecule has 2 heterocycles. The third kappa shape index (κ3) is 16.3. The van der Waals surface area contributed by atoms with E-state index in [0.717, 1.165) is 36.4 Å². The third-order valence-electron chi connectivity index (χ3n) is 10.3. The lowest BCUT2D eigenvalue weighted by Gasteiger charge is -2.21. The Bertz CT molecular complexity index is 3260. The van der Waals surface area contributed by atoms with Crippen LogP contribution in [-0.4, -0.2) is 89.3 Å². The van der Waals surface area contributed by atoms with Crippen LogP contribution in [0.25, 0.3) is 45.1 Å². The molecule has 0 saturated carbocycles. The number of esters is 1. The number of alkyl halides is 7. The number of nitrogens with zero attached hydrogens (tertiary/aromatic N) is 4. The molecule has 2 amide bonds. The number of rotatable bonds is 13. The first-order valence-corrected chi connectivity index (χ1v) is 23.1. The Morgan fingerprint density at radius 3 is 1.38 bits per heavy atom. The SMILES string of the molecule is C.C.CN(C)C(=O)CCl.CN(C)C(=O)COC(=O)C(Oc1ccc(Cl)cc1-c1nc2ccccc2o1)c1cccc(C(F)(F)F)c1.O=C(O)C(Oc1ccc(Cl)cc1-c1nc2ccccc2o1)c1cccc(C(F)(F)F)c1. The highest BCUT2D eigenvalue weighted by Crippen LogP contribution is 2.40. The number of carbonyl (C=O) groups excluding carboxylic acids is 3. The molecule has 8 aromatic rings. The molecule has 408 valence electrons. The van der Waals surface area contributed by atoms with Gasteiger partial charge < -0.3 is 38.0 Å². The van der Waals surface area contributed by atoms with Gasteiger partial charge in [-0.25, -0.2) is 19.6 Å². The number of benzene rings is 6. The van der Waals surface area contributed by atoms with Crippen LogP contribution in [0.1, 0.15) is 49.3 Å². The number of fused-ring (bicyclic) bond motifs is 2. The summed E-state index contributed by atoms with van der Waals surface area (Å²) in [4.78, 5) is 58.5. The second-order valence-corrected chi connectivity index (χ2v) is 17.3. The molecule has 14 nitrogen and oxygen atoms in total. The molecule has 0 aliphatic rings. The van der Waals surface area contributed by atoms with Crippen molar-refractivity contribution in [3.05, 3.63) is 166 Å². The van der Waals surface area contributed by atoms with Crippen molar-refractivity contribution in [2.75, 3.05) is 40.7 Å². The lowest BCUT2D eigenvalue weighted by atomic mass is 10.1. The molecule has 2 atom stereocenters. The Morgan fingerprint density at radius 2 is 1.00 bits per heavy atom. The molecule has 2 unspecified atom stereocenters. The maximum absolute atomic E-state index is 13.4. The molecule has 23 heteroatoms. The van der Waals surface area contributed by atoms with Gasteiger partial charge >= 0.3 is 24.3 Å². The Balaban J connectivity index is 0.000000292. The Labute approximate surface area is 452 Å². The molecule has 0 spiro atoms. The molecular formula is C54H49Cl3F6N4O10. The van der Waals surface area contributed by atoms with Gasteiger partial charge in [0, 0.05) is 49.4 Å². The minimum absolute atomic E-state index is 0. The zero-order valence-electron chi connectivity index (χ0n) is 39.6. The predicted molar refractivity (Wildman–Crippen MR) is 279 cm³/mol. The Hall–Kier alpha value is -7.81. The normalized spacial score (nSPS) is 11.8. The van der Waals surface area contributed by atoms with Crippen LogP contribution in [0.5, 0.6) is 11.5 Å². The van der Waals surface area contributed by atoms with Gasteiger partial charge in [0.25, 0.3) is 5.91 Å². The molecule has 0 radical (unpaired) electrons. The van der Waals surface area contributed by atoms with Gasteiger partial charge in [0.1, 0.15) is 28.4 Å². The zero-order valence-corrected chi connectivity index (χ0v) is 41.9. The predicted octanol–water partition coefficient (Wildman–Crippen LogP) is 13.9. The monoisotopic (exact) mass is 1130 g/mol. The van der Waals surface area contributed by atoms with Crippen molar-refractivity contribution in [2.45, 2.75) is 39.4 Å². The van der Waals surface area contributed by atoms with E-state index >= 15 is 0 Å². The summed E-state index contributed by atoms with van der Waals surface area (Å²) in [7, 11) is 6.28. The highest BCUT2D eigenvalue weighted by Gasteiger charge is 2.35. The van der Waals surface area contributed by atoms with E-state index in [1.807, 2.05) is 0 Å². The van der Waals surface area contributed by atoms with Crippen LogP contribution in [0.4, 0.5) is 26.3 Å². The summed E-state index contributed by atoms with van der Waals surface area (Å²) in [5.41, 5.74) is 0.378. The van der Waals surface area contributed by atoms with Gasteiger partial charge in [0.05, 0.1) is 22.3 Å². The number of halogens is 9. The summed E-state index contributed by atoms with van der Waals surface area (Å²) in [5, 5.41) is 10.3. The fraction of sp³-hybridized carbons (Fsp3) is 0.222. The highest BCUT2D eigenvalue weighted by atomic mass is 35.5. The first-order valence-electron chi connectivity index (χ1n) is 21.8. The lowest BCUT2D eigenvalue weighted by Crippen LogP contribution is -2.30. The maximum Gasteiger partial charge on any atom is 0.416 e. The van der Waals surface area contributed by atoms with Gasteiger partial charge in [-0.1, -0.05) is 86.6 Å². The van der Waals surface area contributed by atoms with E-state index in [2.05, 4.69) is 9.97 Å². The summed E-state index contributed by atoms with van der Waals surface area (Å²) in [5.74, 6) is -2.67. The molecule has 77 heavy (non-hydrogen) atoms. The number of hydrogen-bond donors (Lipinski definition) is 1. The number of carboxylic acid groups (broad SMARTS) is 1.